The number of ether oxygens (including phenoxy) is 1. The zero-order valence-electron chi connectivity index (χ0n) is 19.6. The topological polar surface area (TPSA) is 120 Å². The lowest BCUT2D eigenvalue weighted by Crippen LogP contribution is -2.34. The van der Waals surface area contributed by atoms with Gasteiger partial charge in [0.05, 0.1) is 11.5 Å². The van der Waals surface area contributed by atoms with Gasteiger partial charge in [0.1, 0.15) is 5.52 Å². The first-order chi connectivity index (χ1) is 17.9. The molecule has 0 aliphatic rings. The van der Waals surface area contributed by atoms with Crippen molar-refractivity contribution in [2.24, 2.45) is 0 Å². The third-order valence-electron chi connectivity index (χ3n) is 5.61. The van der Waals surface area contributed by atoms with E-state index in [0.29, 0.717) is 22.7 Å². The molecular weight excluding hydrogens is 492 g/mol. The van der Waals surface area contributed by atoms with Crippen LogP contribution in [0.4, 0.5) is 11.4 Å². The number of benzene rings is 4. The molecule has 0 aliphatic heterocycles. The van der Waals surface area contributed by atoms with Crippen LogP contribution in [0.25, 0.3) is 33.3 Å². The number of nitro benzene ring substituents is 1. The summed E-state index contributed by atoms with van der Waals surface area (Å²) in [6.07, 6.45) is 0. The second-order valence-electron chi connectivity index (χ2n) is 8.01. The van der Waals surface area contributed by atoms with Crippen molar-refractivity contribution in [2.45, 2.75) is 6.92 Å². The van der Waals surface area contributed by atoms with Crippen LogP contribution in [-0.4, -0.2) is 27.5 Å². The van der Waals surface area contributed by atoms with Crippen molar-refractivity contribution in [3.8, 4) is 17.2 Å². The van der Waals surface area contributed by atoms with Crippen molar-refractivity contribution in [1.82, 2.24) is 10.3 Å². The maximum Gasteiger partial charge on any atom is 0.311 e. The largest absolute Gasteiger partial charge is 0.487 e. The van der Waals surface area contributed by atoms with E-state index in [-0.39, 0.29) is 28.7 Å². The van der Waals surface area contributed by atoms with Crippen molar-refractivity contribution in [3.63, 3.8) is 0 Å². The third kappa shape index (κ3) is 4.95. The Hall–Kier alpha value is -4.83. The average Bonchev–Trinajstić information content (AvgIpc) is 3.31. The number of carbonyl (C=O) groups excluding carboxylic acids is 1. The molecule has 0 radical (unpaired) electrons. The predicted molar refractivity (Wildman–Crippen MR) is 145 cm³/mol. The van der Waals surface area contributed by atoms with Crippen LogP contribution in [-0.2, 0) is 0 Å². The van der Waals surface area contributed by atoms with Crippen LogP contribution >= 0.6 is 12.2 Å². The molecule has 0 aliphatic carbocycles. The van der Waals surface area contributed by atoms with Crippen molar-refractivity contribution in [2.75, 3.05) is 11.9 Å². The third-order valence-corrected chi connectivity index (χ3v) is 5.81. The van der Waals surface area contributed by atoms with Crippen molar-refractivity contribution in [3.05, 3.63) is 94.5 Å². The highest BCUT2D eigenvalue weighted by Crippen LogP contribution is 2.31. The van der Waals surface area contributed by atoms with E-state index in [1.165, 1.54) is 12.1 Å². The van der Waals surface area contributed by atoms with Crippen LogP contribution in [0.2, 0.25) is 0 Å². The molecule has 0 bridgehead atoms. The van der Waals surface area contributed by atoms with Gasteiger partial charge in [0.2, 0.25) is 5.89 Å². The molecule has 0 saturated carbocycles. The van der Waals surface area contributed by atoms with Crippen LogP contribution in [0.1, 0.15) is 17.3 Å². The number of oxazole rings is 1. The SMILES string of the molecule is CCOc1ccc(C(=O)NC(=S)Nc2ccc3oc(-c4cccc5ccccc45)nc3c2)cc1[N+](=O)[O-]. The Morgan fingerprint density at radius 1 is 1.08 bits per heavy atom. The van der Waals surface area contributed by atoms with Gasteiger partial charge < -0.3 is 14.5 Å². The highest BCUT2D eigenvalue weighted by atomic mass is 32.1. The highest BCUT2D eigenvalue weighted by Gasteiger charge is 2.19. The molecule has 0 saturated heterocycles. The van der Waals surface area contributed by atoms with Gasteiger partial charge in [0.15, 0.2) is 16.4 Å². The van der Waals surface area contributed by atoms with E-state index in [4.69, 9.17) is 21.4 Å². The Bertz CT molecular complexity index is 1680. The van der Waals surface area contributed by atoms with E-state index < -0.39 is 10.8 Å². The Kier molecular flexibility index (Phi) is 6.48. The number of anilines is 1. The molecule has 5 aromatic rings. The standard InChI is InChI=1S/C27H20N4O5S/c1-2-35-24-12-10-17(14-22(24)31(33)34)25(32)30-27(37)28-18-11-13-23-21(15-18)29-26(36-23)20-9-5-7-16-6-3-4-8-19(16)20/h3-15H,2H2,1H3,(H2,28,30,32,37). The number of carbonyl (C=O) groups is 1. The number of hydrogen-bond acceptors (Lipinski definition) is 7. The minimum atomic E-state index is -0.599. The zero-order valence-corrected chi connectivity index (χ0v) is 20.4. The van der Waals surface area contributed by atoms with E-state index >= 15 is 0 Å². The average molecular weight is 513 g/mol. The maximum atomic E-state index is 12.6. The van der Waals surface area contributed by atoms with Gasteiger partial charge in [-0.2, -0.15) is 0 Å². The van der Waals surface area contributed by atoms with Gasteiger partial charge in [-0.1, -0.05) is 36.4 Å². The van der Waals surface area contributed by atoms with Gasteiger partial charge >= 0.3 is 5.69 Å². The fourth-order valence-corrected chi connectivity index (χ4v) is 4.16. The number of nitrogens with zero attached hydrogens (tertiary/aromatic N) is 2. The molecule has 4 aromatic carbocycles. The molecule has 184 valence electrons. The Labute approximate surface area is 216 Å². The van der Waals surface area contributed by atoms with Crippen LogP contribution in [0, 0.1) is 10.1 Å². The normalized spacial score (nSPS) is 10.8. The molecule has 1 amide bonds. The minimum absolute atomic E-state index is 0.0265. The number of thiocarbonyl (C=S) groups is 1. The van der Waals surface area contributed by atoms with E-state index in [0.717, 1.165) is 22.4 Å². The highest BCUT2D eigenvalue weighted by molar-refractivity contribution is 7.80. The van der Waals surface area contributed by atoms with E-state index in [9.17, 15) is 14.9 Å². The molecule has 0 spiro atoms. The summed E-state index contributed by atoms with van der Waals surface area (Å²) in [5.41, 5.74) is 2.47. The van der Waals surface area contributed by atoms with E-state index in [2.05, 4.69) is 15.6 Å². The summed E-state index contributed by atoms with van der Waals surface area (Å²) in [6, 6.07) is 23.2. The van der Waals surface area contributed by atoms with E-state index in [1.54, 1.807) is 25.1 Å². The fraction of sp³-hybridized carbons (Fsp3) is 0.0741. The van der Waals surface area contributed by atoms with Crippen LogP contribution in [0.5, 0.6) is 5.75 Å². The summed E-state index contributed by atoms with van der Waals surface area (Å²) in [7, 11) is 0. The first-order valence-corrected chi connectivity index (χ1v) is 11.8. The van der Waals surface area contributed by atoms with Crippen molar-refractivity contribution in [1.29, 1.82) is 0 Å². The molecule has 10 heteroatoms. The summed E-state index contributed by atoms with van der Waals surface area (Å²) in [6.45, 7) is 1.98. The van der Waals surface area contributed by atoms with Gasteiger partial charge in [0.25, 0.3) is 5.91 Å². The Balaban J connectivity index is 1.33. The van der Waals surface area contributed by atoms with Gasteiger partial charge in [-0.25, -0.2) is 4.98 Å². The van der Waals surface area contributed by atoms with Crippen LogP contribution in [0.15, 0.2) is 83.3 Å². The quantitative estimate of drug-likeness (QED) is 0.160. The van der Waals surface area contributed by atoms with Gasteiger partial charge in [-0.05, 0) is 66.3 Å². The Morgan fingerprint density at radius 3 is 2.70 bits per heavy atom. The number of nitro groups is 1. The predicted octanol–water partition coefficient (Wildman–Crippen LogP) is 6.08. The number of rotatable bonds is 6. The first kappa shape index (κ1) is 23.9. The fourth-order valence-electron chi connectivity index (χ4n) is 3.95. The lowest BCUT2D eigenvalue weighted by Gasteiger charge is -2.10. The van der Waals surface area contributed by atoms with Gasteiger partial charge in [-0.3, -0.25) is 20.2 Å². The first-order valence-electron chi connectivity index (χ1n) is 11.3. The second-order valence-corrected chi connectivity index (χ2v) is 8.42. The number of fused-ring (bicyclic) bond motifs is 2. The van der Waals surface area contributed by atoms with Crippen molar-refractivity contribution < 1.29 is 18.9 Å². The van der Waals surface area contributed by atoms with Crippen LogP contribution < -0.4 is 15.4 Å². The van der Waals surface area contributed by atoms with Crippen LogP contribution in [0.3, 0.4) is 0 Å². The molecule has 1 aromatic heterocycles. The second kappa shape index (κ2) is 10.0. The number of aromatic nitrogens is 1. The smallest absolute Gasteiger partial charge is 0.311 e. The van der Waals surface area contributed by atoms with Gasteiger partial charge in [0, 0.05) is 22.9 Å². The Morgan fingerprint density at radius 2 is 1.89 bits per heavy atom. The summed E-state index contributed by atoms with van der Waals surface area (Å²) in [5, 5.41) is 19.0. The summed E-state index contributed by atoms with van der Waals surface area (Å²) < 4.78 is 11.2. The van der Waals surface area contributed by atoms with Gasteiger partial charge in [-0.15, -0.1) is 0 Å². The lowest BCUT2D eigenvalue weighted by molar-refractivity contribution is -0.385. The van der Waals surface area contributed by atoms with Crippen molar-refractivity contribution >= 4 is 56.5 Å². The molecule has 2 N–H and O–H groups in total. The number of amides is 1. The maximum absolute atomic E-state index is 12.6. The molecule has 9 nitrogen and oxygen atoms in total. The summed E-state index contributed by atoms with van der Waals surface area (Å²) in [4.78, 5) is 28.0. The molecule has 0 atom stereocenters. The van der Waals surface area contributed by atoms with E-state index in [1.807, 2.05) is 42.5 Å². The molecule has 5 rings (SSSR count). The molecule has 37 heavy (non-hydrogen) atoms. The molecule has 0 unspecified atom stereocenters. The lowest BCUT2D eigenvalue weighted by atomic mass is 10.0. The minimum Gasteiger partial charge on any atom is -0.487 e. The molecule has 0 fully saturated rings. The summed E-state index contributed by atoms with van der Waals surface area (Å²) >= 11 is 5.28. The molecular formula is C27H20N4O5S. The monoisotopic (exact) mass is 512 g/mol. The molecule has 1 heterocycles. The zero-order chi connectivity index (χ0) is 25.9. The number of hydrogen-bond donors (Lipinski definition) is 2. The number of nitrogens with one attached hydrogen (secondary N) is 2. The summed E-state index contributed by atoms with van der Waals surface area (Å²) in [5.74, 6) is -0.00476.